The number of benzene rings is 1. The molecule has 1 aliphatic heterocycles. The molecular weight excluding hydrogens is 361 g/mol. The first-order valence-electron chi connectivity index (χ1n) is 8.61. The summed E-state index contributed by atoms with van der Waals surface area (Å²) in [7, 11) is 0. The van der Waals surface area contributed by atoms with Crippen LogP contribution >= 0.6 is 0 Å². The molecule has 1 aromatic carbocycles. The van der Waals surface area contributed by atoms with Crippen molar-refractivity contribution in [3.05, 3.63) is 40.8 Å². The molecule has 27 heavy (non-hydrogen) atoms. The van der Waals surface area contributed by atoms with Crippen LogP contribution < -0.4 is 5.56 Å². The minimum Gasteiger partial charge on any atom is -0.333 e. The summed E-state index contributed by atoms with van der Waals surface area (Å²) in [4.78, 5) is 32.0. The number of halogens is 3. The molecule has 0 radical (unpaired) electrons. The second kappa shape index (κ2) is 6.95. The molecule has 146 valence electrons. The van der Waals surface area contributed by atoms with Crippen LogP contribution in [0.2, 0.25) is 0 Å². The van der Waals surface area contributed by atoms with Gasteiger partial charge in [0, 0.05) is 19.6 Å². The standard InChI is InChI=1S/C18H21F3N4O2/c1-17(2)11-23(12-18(19,20)21)7-8-25(17)16(27)10-24-14-6-4-3-5-13(14)22-9-15(24)26/h3-6,9H,7-8,10-12H2,1-2H3. The smallest absolute Gasteiger partial charge is 0.333 e. The maximum absolute atomic E-state index is 12.9. The van der Waals surface area contributed by atoms with Crippen molar-refractivity contribution < 1.29 is 18.0 Å². The molecule has 1 aromatic heterocycles. The Hall–Kier alpha value is -2.42. The second-order valence-corrected chi connectivity index (χ2v) is 7.35. The van der Waals surface area contributed by atoms with Gasteiger partial charge in [-0.05, 0) is 26.0 Å². The monoisotopic (exact) mass is 382 g/mol. The van der Waals surface area contributed by atoms with E-state index >= 15 is 0 Å². The number of hydrogen-bond acceptors (Lipinski definition) is 4. The van der Waals surface area contributed by atoms with Gasteiger partial charge in [0.25, 0.3) is 5.56 Å². The molecule has 0 N–H and O–H groups in total. The molecule has 2 heterocycles. The fourth-order valence-corrected chi connectivity index (χ4v) is 3.60. The first-order chi connectivity index (χ1) is 12.6. The average Bonchev–Trinajstić information content (AvgIpc) is 2.55. The quantitative estimate of drug-likeness (QED) is 0.814. The number of carbonyl (C=O) groups is 1. The van der Waals surface area contributed by atoms with E-state index in [4.69, 9.17) is 0 Å². The van der Waals surface area contributed by atoms with E-state index in [1.165, 1.54) is 15.7 Å². The molecule has 6 nitrogen and oxygen atoms in total. The molecule has 1 aliphatic rings. The third kappa shape index (κ3) is 4.29. The van der Waals surface area contributed by atoms with Crippen molar-refractivity contribution in [3.8, 4) is 0 Å². The van der Waals surface area contributed by atoms with Crippen LogP contribution in [-0.4, -0.2) is 63.2 Å². The molecule has 0 atom stereocenters. The summed E-state index contributed by atoms with van der Waals surface area (Å²) in [5, 5.41) is 0. The zero-order valence-electron chi connectivity index (χ0n) is 15.2. The van der Waals surface area contributed by atoms with Crippen molar-refractivity contribution in [3.63, 3.8) is 0 Å². The maximum Gasteiger partial charge on any atom is 0.401 e. The summed E-state index contributed by atoms with van der Waals surface area (Å²) in [5.41, 5.74) is -0.0193. The van der Waals surface area contributed by atoms with Crippen LogP contribution in [0.25, 0.3) is 11.0 Å². The highest BCUT2D eigenvalue weighted by Crippen LogP contribution is 2.25. The normalized spacial score (nSPS) is 18.0. The van der Waals surface area contributed by atoms with Gasteiger partial charge in [-0.3, -0.25) is 19.1 Å². The fraction of sp³-hybridized carbons (Fsp3) is 0.500. The molecule has 0 spiro atoms. The van der Waals surface area contributed by atoms with Gasteiger partial charge < -0.3 is 4.90 Å². The van der Waals surface area contributed by atoms with E-state index in [0.29, 0.717) is 11.0 Å². The first kappa shape index (κ1) is 19.3. The van der Waals surface area contributed by atoms with Gasteiger partial charge in [0.15, 0.2) is 0 Å². The van der Waals surface area contributed by atoms with Crippen LogP contribution in [0.4, 0.5) is 13.2 Å². The number of para-hydroxylation sites is 2. The molecular formula is C18H21F3N4O2. The Morgan fingerprint density at radius 2 is 1.93 bits per heavy atom. The van der Waals surface area contributed by atoms with Crippen LogP contribution in [-0.2, 0) is 11.3 Å². The highest BCUT2D eigenvalue weighted by molar-refractivity contribution is 5.80. The summed E-state index contributed by atoms with van der Waals surface area (Å²) in [6, 6.07) is 7.00. The van der Waals surface area contributed by atoms with Crippen molar-refractivity contribution in [1.29, 1.82) is 0 Å². The van der Waals surface area contributed by atoms with Crippen molar-refractivity contribution in [2.75, 3.05) is 26.2 Å². The Balaban J connectivity index is 1.80. The summed E-state index contributed by atoms with van der Waals surface area (Å²) >= 11 is 0. The number of piperazine rings is 1. The fourth-order valence-electron chi connectivity index (χ4n) is 3.60. The van der Waals surface area contributed by atoms with Gasteiger partial charge in [-0.25, -0.2) is 4.98 Å². The van der Waals surface area contributed by atoms with Crippen LogP contribution in [0.1, 0.15) is 13.8 Å². The van der Waals surface area contributed by atoms with Crippen molar-refractivity contribution in [2.45, 2.75) is 32.1 Å². The summed E-state index contributed by atoms with van der Waals surface area (Å²) < 4.78 is 39.3. The number of amides is 1. The zero-order chi connectivity index (χ0) is 19.8. The van der Waals surface area contributed by atoms with Gasteiger partial charge in [0.2, 0.25) is 5.91 Å². The Morgan fingerprint density at radius 1 is 1.22 bits per heavy atom. The average molecular weight is 382 g/mol. The predicted octanol–water partition coefficient (Wildman–Crippen LogP) is 1.88. The Labute approximate surface area is 154 Å². The number of carbonyl (C=O) groups excluding carboxylic acids is 1. The molecule has 0 aliphatic carbocycles. The maximum atomic E-state index is 12.9. The Morgan fingerprint density at radius 3 is 2.59 bits per heavy atom. The number of alkyl halides is 3. The van der Waals surface area contributed by atoms with E-state index in [1.54, 1.807) is 43.0 Å². The predicted molar refractivity (Wildman–Crippen MR) is 94.3 cm³/mol. The van der Waals surface area contributed by atoms with E-state index in [1.807, 2.05) is 0 Å². The highest BCUT2D eigenvalue weighted by atomic mass is 19.4. The molecule has 0 bridgehead atoms. The molecule has 0 unspecified atom stereocenters. The van der Waals surface area contributed by atoms with E-state index in [-0.39, 0.29) is 32.1 Å². The van der Waals surface area contributed by atoms with Gasteiger partial charge in [0.05, 0.1) is 29.3 Å². The summed E-state index contributed by atoms with van der Waals surface area (Å²) in [5.74, 6) is -0.301. The summed E-state index contributed by atoms with van der Waals surface area (Å²) in [6.45, 7) is 2.74. The van der Waals surface area contributed by atoms with Gasteiger partial charge in [-0.2, -0.15) is 13.2 Å². The number of nitrogens with zero attached hydrogens (tertiary/aromatic N) is 4. The van der Waals surface area contributed by atoms with E-state index in [0.717, 1.165) is 0 Å². The SMILES string of the molecule is CC1(C)CN(CC(F)(F)F)CCN1C(=O)Cn1c(=O)cnc2ccccc21. The molecule has 3 rings (SSSR count). The lowest BCUT2D eigenvalue weighted by molar-refractivity contribution is -0.160. The lowest BCUT2D eigenvalue weighted by Crippen LogP contribution is -2.62. The number of aromatic nitrogens is 2. The lowest BCUT2D eigenvalue weighted by atomic mass is 9.98. The van der Waals surface area contributed by atoms with Crippen molar-refractivity contribution in [1.82, 2.24) is 19.4 Å². The highest BCUT2D eigenvalue weighted by Gasteiger charge is 2.40. The zero-order valence-corrected chi connectivity index (χ0v) is 15.2. The molecule has 1 fully saturated rings. The third-order valence-electron chi connectivity index (χ3n) is 4.73. The molecule has 2 aromatic rings. The van der Waals surface area contributed by atoms with Gasteiger partial charge in [0.1, 0.15) is 6.54 Å². The Kier molecular flexibility index (Phi) is 4.98. The number of hydrogen-bond donors (Lipinski definition) is 0. The Bertz CT molecular complexity index is 907. The lowest BCUT2D eigenvalue weighted by Gasteiger charge is -2.47. The van der Waals surface area contributed by atoms with Crippen molar-refractivity contribution in [2.24, 2.45) is 0 Å². The number of fused-ring (bicyclic) bond motifs is 1. The topological polar surface area (TPSA) is 58.4 Å². The van der Waals surface area contributed by atoms with Crippen LogP contribution in [0, 0.1) is 0 Å². The van der Waals surface area contributed by atoms with Gasteiger partial charge >= 0.3 is 6.18 Å². The van der Waals surface area contributed by atoms with Gasteiger partial charge in [-0.1, -0.05) is 12.1 Å². The van der Waals surface area contributed by atoms with Crippen LogP contribution in [0.5, 0.6) is 0 Å². The van der Waals surface area contributed by atoms with E-state index in [2.05, 4.69) is 4.98 Å². The van der Waals surface area contributed by atoms with Crippen LogP contribution in [0.15, 0.2) is 35.3 Å². The second-order valence-electron chi connectivity index (χ2n) is 7.35. The third-order valence-corrected chi connectivity index (χ3v) is 4.73. The van der Waals surface area contributed by atoms with Crippen molar-refractivity contribution >= 4 is 16.9 Å². The minimum absolute atomic E-state index is 0.115. The number of rotatable bonds is 3. The van der Waals surface area contributed by atoms with E-state index in [9.17, 15) is 22.8 Å². The first-order valence-corrected chi connectivity index (χ1v) is 8.61. The van der Waals surface area contributed by atoms with Gasteiger partial charge in [-0.15, -0.1) is 0 Å². The molecule has 9 heteroatoms. The summed E-state index contributed by atoms with van der Waals surface area (Å²) in [6.07, 6.45) is -3.10. The molecule has 0 saturated carbocycles. The van der Waals surface area contributed by atoms with Crippen LogP contribution in [0.3, 0.4) is 0 Å². The molecule has 1 saturated heterocycles. The van der Waals surface area contributed by atoms with E-state index < -0.39 is 23.8 Å². The largest absolute Gasteiger partial charge is 0.401 e. The molecule has 1 amide bonds. The minimum atomic E-state index is -4.27.